The third-order valence-corrected chi connectivity index (χ3v) is 5.03. The highest BCUT2D eigenvalue weighted by molar-refractivity contribution is 7.17. The molecule has 4 rings (SSSR count). The molecule has 2 heterocycles. The van der Waals surface area contributed by atoms with Crippen LogP contribution < -0.4 is 5.56 Å². The molecule has 4 aromatic rings. The van der Waals surface area contributed by atoms with Crippen LogP contribution >= 0.6 is 11.3 Å². The van der Waals surface area contributed by atoms with Crippen LogP contribution in [0.2, 0.25) is 0 Å². The second-order valence-corrected chi connectivity index (χ2v) is 6.47. The summed E-state index contributed by atoms with van der Waals surface area (Å²) in [6.07, 6.45) is 0. The number of pyridine rings is 1. The van der Waals surface area contributed by atoms with E-state index in [4.69, 9.17) is 0 Å². The van der Waals surface area contributed by atoms with Crippen LogP contribution in [0, 0.1) is 17.6 Å². The highest BCUT2D eigenvalue weighted by Gasteiger charge is 2.16. The lowest BCUT2D eigenvalue weighted by atomic mass is 9.95. The van der Waals surface area contributed by atoms with Crippen molar-refractivity contribution in [3.05, 3.63) is 68.4 Å². The predicted octanol–water partition coefficient (Wildman–Crippen LogP) is 5.26. The number of halogens is 1. The van der Waals surface area contributed by atoms with Crippen LogP contribution in [0.15, 0.2) is 51.7 Å². The quantitative estimate of drug-likeness (QED) is 0.507. The van der Waals surface area contributed by atoms with Crippen LogP contribution in [0.5, 0.6) is 0 Å². The average molecular weight is 338 g/mol. The molecule has 0 radical (unpaired) electrons. The molecule has 2 aromatic heterocycles. The van der Waals surface area contributed by atoms with Crippen LogP contribution in [0.1, 0.15) is 5.56 Å². The molecule has 0 saturated heterocycles. The average Bonchev–Trinajstić information content (AvgIpc) is 3.07. The summed E-state index contributed by atoms with van der Waals surface area (Å²) in [4.78, 5) is 26.4. The zero-order valence-electron chi connectivity index (χ0n) is 12.6. The number of nitrogens with zero attached hydrogens (tertiary/aromatic N) is 1. The first-order valence-corrected chi connectivity index (χ1v) is 8.14. The maximum absolute atomic E-state index is 13.6. The van der Waals surface area contributed by atoms with Gasteiger partial charge in [0.25, 0.3) is 5.56 Å². The van der Waals surface area contributed by atoms with Gasteiger partial charge in [-0.05, 0) is 58.9 Å². The van der Waals surface area contributed by atoms with Crippen LogP contribution in [0.4, 0.5) is 10.1 Å². The first-order chi connectivity index (χ1) is 11.6. The van der Waals surface area contributed by atoms with E-state index in [1.54, 1.807) is 31.2 Å². The van der Waals surface area contributed by atoms with E-state index in [1.807, 2.05) is 11.4 Å². The second kappa shape index (κ2) is 5.35. The lowest BCUT2D eigenvalue weighted by Gasteiger charge is -2.11. The Balaban J connectivity index is 2.23. The van der Waals surface area contributed by atoms with Crippen molar-refractivity contribution in [2.75, 3.05) is 0 Å². The van der Waals surface area contributed by atoms with Crippen molar-refractivity contribution in [2.24, 2.45) is 5.18 Å². The van der Waals surface area contributed by atoms with Gasteiger partial charge in [-0.25, -0.2) is 4.39 Å². The third-order valence-electron chi connectivity index (χ3n) is 4.12. The molecule has 1 N–H and O–H groups in total. The number of nitrogens with one attached hydrogen (secondary N) is 1. The highest BCUT2D eigenvalue weighted by Crippen LogP contribution is 2.40. The molecule has 0 saturated carbocycles. The molecule has 0 fully saturated rings. The molecule has 4 nitrogen and oxygen atoms in total. The Morgan fingerprint density at radius 1 is 1.17 bits per heavy atom. The van der Waals surface area contributed by atoms with Gasteiger partial charge in [0.2, 0.25) is 0 Å². The van der Waals surface area contributed by atoms with Gasteiger partial charge in [0.1, 0.15) is 16.2 Å². The SMILES string of the molecule is Cc1cc(-c2c(N=O)ccc3[nH]c(=O)c4sccc4c23)ccc1F. The van der Waals surface area contributed by atoms with Gasteiger partial charge >= 0.3 is 0 Å². The molecule has 118 valence electrons. The number of aromatic nitrogens is 1. The first-order valence-electron chi connectivity index (χ1n) is 7.26. The van der Waals surface area contributed by atoms with Crippen molar-refractivity contribution in [3.8, 4) is 11.1 Å². The lowest BCUT2D eigenvalue weighted by Crippen LogP contribution is -2.04. The van der Waals surface area contributed by atoms with Crippen molar-refractivity contribution in [3.63, 3.8) is 0 Å². The van der Waals surface area contributed by atoms with E-state index >= 15 is 0 Å². The van der Waals surface area contributed by atoms with Crippen LogP contribution in [0.3, 0.4) is 0 Å². The van der Waals surface area contributed by atoms with Crippen molar-refractivity contribution < 1.29 is 4.39 Å². The van der Waals surface area contributed by atoms with Gasteiger partial charge in [0.05, 0.1) is 0 Å². The molecule has 0 unspecified atom stereocenters. The Kier molecular flexibility index (Phi) is 3.28. The number of hydrogen-bond acceptors (Lipinski definition) is 4. The van der Waals surface area contributed by atoms with Crippen LogP contribution in [-0.4, -0.2) is 4.98 Å². The van der Waals surface area contributed by atoms with Gasteiger partial charge < -0.3 is 4.98 Å². The summed E-state index contributed by atoms with van der Waals surface area (Å²) in [5, 5.41) is 6.47. The van der Waals surface area contributed by atoms with E-state index in [1.165, 1.54) is 17.4 Å². The maximum atomic E-state index is 13.6. The minimum absolute atomic E-state index is 0.166. The Labute approximate surface area is 139 Å². The van der Waals surface area contributed by atoms with E-state index in [9.17, 15) is 14.1 Å². The molecule has 0 aliphatic carbocycles. The molecule has 6 heteroatoms. The normalized spacial score (nSPS) is 11.2. The van der Waals surface area contributed by atoms with Crippen molar-refractivity contribution in [2.45, 2.75) is 6.92 Å². The monoisotopic (exact) mass is 338 g/mol. The van der Waals surface area contributed by atoms with Crippen molar-refractivity contribution in [1.82, 2.24) is 4.98 Å². The number of H-pyrrole nitrogens is 1. The standard InChI is InChI=1S/C18H11FN2O2S/c1-9-8-10(2-3-12(9)19)15-14(21-23)5-4-13-16(15)11-6-7-24-17(11)18(22)20-13/h2-8H,1H3,(H,20,22). The molecular weight excluding hydrogens is 327 g/mol. The van der Waals surface area contributed by atoms with Gasteiger partial charge in [-0.1, -0.05) is 6.07 Å². The highest BCUT2D eigenvalue weighted by atomic mass is 32.1. The molecule has 0 bridgehead atoms. The third kappa shape index (κ3) is 2.07. The molecule has 0 amide bonds. The zero-order valence-corrected chi connectivity index (χ0v) is 13.4. The number of rotatable bonds is 2. The van der Waals surface area contributed by atoms with Crippen molar-refractivity contribution >= 4 is 38.0 Å². The summed E-state index contributed by atoms with van der Waals surface area (Å²) in [6, 6.07) is 9.76. The fourth-order valence-electron chi connectivity index (χ4n) is 3.01. The summed E-state index contributed by atoms with van der Waals surface area (Å²) in [6.45, 7) is 1.67. The van der Waals surface area contributed by atoms with E-state index in [0.29, 0.717) is 26.9 Å². The zero-order chi connectivity index (χ0) is 16.8. The Morgan fingerprint density at radius 2 is 2.00 bits per heavy atom. The van der Waals surface area contributed by atoms with E-state index in [0.717, 1.165) is 10.8 Å². The lowest BCUT2D eigenvalue weighted by molar-refractivity contribution is 0.619. The fourth-order valence-corrected chi connectivity index (χ4v) is 3.80. The number of hydrogen-bond donors (Lipinski definition) is 1. The van der Waals surface area contributed by atoms with Crippen LogP contribution in [0.25, 0.3) is 32.1 Å². The summed E-state index contributed by atoms with van der Waals surface area (Å²) in [7, 11) is 0. The Hall–Kier alpha value is -2.86. The van der Waals surface area contributed by atoms with E-state index < -0.39 is 0 Å². The molecule has 0 atom stereocenters. The molecule has 2 aromatic carbocycles. The smallest absolute Gasteiger partial charge is 0.266 e. The number of aryl methyl sites for hydroxylation is 1. The summed E-state index contributed by atoms with van der Waals surface area (Å²) in [5.74, 6) is -0.311. The fraction of sp³-hybridized carbons (Fsp3) is 0.0556. The Bertz CT molecular complexity index is 1180. The van der Waals surface area contributed by atoms with Gasteiger partial charge in [-0.3, -0.25) is 4.79 Å². The molecule has 0 spiro atoms. The number of aromatic amines is 1. The largest absolute Gasteiger partial charge is 0.321 e. The maximum Gasteiger partial charge on any atom is 0.266 e. The topological polar surface area (TPSA) is 62.3 Å². The first kappa shape index (κ1) is 14.7. The van der Waals surface area contributed by atoms with Gasteiger partial charge in [-0.2, -0.15) is 0 Å². The second-order valence-electron chi connectivity index (χ2n) is 5.56. The molecule has 24 heavy (non-hydrogen) atoms. The summed E-state index contributed by atoms with van der Waals surface area (Å²) < 4.78 is 14.2. The van der Waals surface area contributed by atoms with Crippen LogP contribution in [-0.2, 0) is 0 Å². The Morgan fingerprint density at radius 3 is 2.75 bits per heavy atom. The van der Waals surface area contributed by atoms with Crippen molar-refractivity contribution in [1.29, 1.82) is 0 Å². The molecule has 0 aliphatic heterocycles. The van der Waals surface area contributed by atoms with Gasteiger partial charge in [-0.15, -0.1) is 16.2 Å². The predicted molar refractivity (Wildman–Crippen MR) is 95.5 cm³/mol. The minimum Gasteiger partial charge on any atom is -0.321 e. The van der Waals surface area contributed by atoms with E-state index in [-0.39, 0.29) is 17.1 Å². The summed E-state index contributed by atoms with van der Waals surface area (Å²) >= 11 is 1.34. The van der Waals surface area contributed by atoms with Gasteiger partial charge in [0, 0.05) is 21.9 Å². The summed E-state index contributed by atoms with van der Waals surface area (Å²) in [5.41, 5.74) is 2.48. The minimum atomic E-state index is -0.311. The number of benzene rings is 2. The molecular formula is C18H11FN2O2S. The van der Waals surface area contributed by atoms with Gasteiger partial charge in [0.15, 0.2) is 0 Å². The number of fused-ring (bicyclic) bond motifs is 3. The number of nitroso groups, excluding NO2 is 1. The number of thiophene rings is 1. The molecule has 0 aliphatic rings. The van der Waals surface area contributed by atoms with E-state index in [2.05, 4.69) is 10.2 Å².